The van der Waals surface area contributed by atoms with Crippen LogP contribution in [0.3, 0.4) is 0 Å². The second-order valence-corrected chi connectivity index (χ2v) is 9.30. The highest BCUT2D eigenvalue weighted by Crippen LogP contribution is 2.32. The van der Waals surface area contributed by atoms with Crippen molar-refractivity contribution >= 4 is 46.3 Å². The molecule has 180 valence electrons. The van der Waals surface area contributed by atoms with Crippen molar-refractivity contribution in [2.75, 3.05) is 11.9 Å². The Morgan fingerprint density at radius 3 is 2.41 bits per heavy atom. The Labute approximate surface area is 202 Å². The van der Waals surface area contributed by atoms with Gasteiger partial charge in [0.05, 0.1) is 22.4 Å². The first-order valence-corrected chi connectivity index (χ1v) is 11.9. The zero-order valence-corrected chi connectivity index (χ0v) is 21.0. The van der Waals surface area contributed by atoms with Crippen molar-refractivity contribution in [3.05, 3.63) is 51.8 Å². The van der Waals surface area contributed by atoms with Crippen LogP contribution in [0.25, 0.3) is 10.9 Å². The molecule has 1 aromatic carbocycles. The van der Waals surface area contributed by atoms with Gasteiger partial charge in [-0.3, -0.25) is 14.9 Å². The number of fused-ring (bicyclic) bond motifs is 1. The highest BCUT2D eigenvalue weighted by Gasteiger charge is 2.30. The predicted molar refractivity (Wildman–Crippen MR) is 132 cm³/mol. The number of hydrogen-bond donors (Lipinski definition) is 2. The number of furan rings is 1. The Kier molecular flexibility index (Phi) is 7.66. The van der Waals surface area contributed by atoms with Gasteiger partial charge in [-0.2, -0.15) is 0 Å². The second kappa shape index (κ2) is 10.3. The lowest BCUT2D eigenvalue weighted by Crippen LogP contribution is -2.26. The second-order valence-electron chi connectivity index (χ2n) is 8.08. The number of esters is 1. The summed E-state index contributed by atoms with van der Waals surface area (Å²) >= 11 is 1.33. The number of thioether (sulfide) groups is 1. The van der Waals surface area contributed by atoms with E-state index in [1.807, 2.05) is 26.8 Å². The first kappa shape index (κ1) is 25.3. The van der Waals surface area contributed by atoms with E-state index in [1.165, 1.54) is 24.2 Å². The fourth-order valence-corrected chi connectivity index (χ4v) is 4.87. The van der Waals surface area contributed by atoms with Crippen LogP contribution in [-0.4, -0.2) is 34.6 Å². The number of aryl methyl sites for hydroxylation is 4. The Balaban J connectivity index is 1.90. The lowest BCUT2D eigenvalue weighted by Gasteiger charge is -2.15. The fourth-order valence-electron chi connectivity index (χ4n) is 3.85. The average Bonchev–Trinajstić information content (AvgIpc) is 3.08. The largest absolute Gasteiger partial charge is 0.462 e. The molecule has 1 atom stereocenters. The molecule has 34 heavy (non-hydrogen) atoms. The van der Waals surface area contributed by atoms with Crippen LogP contribution in [0.5, 0.6) is 0 Å². The van der Waals surface area contributed by atoms with Crippen molar-refractivity contribution in [1.82, 2.24) is 4.98 Å². The van der Waals surface area contributed by atoms with E-state index in [9.17, 15) is 14.4 Å². The Hall–Kier alpha value is -3.33. The van der Waals surface area contributed by atoms with E-state index >= 15 is 0 Å². The number of nitrogens with zero attached hydrogens (tertiary/aromatic N) is 1. The Morgan fingerprint density at radius 2 is 1.79 bits per heavy atom. The highest BCUT2D eigenvalue weighted by molar-refractivity contribution is 8.00. The van der Waals surface area contributed by atoms with Crippen LogP contribution in [0.15, 0.2) is 27.6 Å². The van der Waals surface area contributed by atoms with Crippen molar-refractivity contribution < 1.29 is 23.5 Å². The molecule has 2 heterocycles. The molecule has 1 unspecified atom stereocenters. The number of primary amides is 1. The monoisotopic (exact) mass is 483 g/mol. The lowest BCUT2D eigenvalue weighted by atomic mass is 10.0. The number of aromatic nitrogens is 1. The number of nitrogens with two attached hydrogens (primary N) is 1. The molecule has 3 aromatic rings. The smallest absolute Gasteiger partial charge is 0.342 e. The van der Waals surface area contributed by atoms with Crippen molar-refractivity contribution in [3.63, 3.8) is 0 Å². The van der Waals surface area contributed by atoms with E-state index in [0.29, 0.717) is 6.42 Å². The molecule has 0 saturated carbocycles. The van der Waals surface area contributed by atoms with E-state index < -0.39 is 17.1 Å². The number of rotatable bonds is 8. The SMILES string of the molecule is CCOC(=O)c1c(C)oc(NC(=O)C(CC)Sc2cc(C)c3cc(C)cc(C)c3n2)c1C(N)=O. The number of hydrogen-bond acceptors (Lipinski definition) is 7. The van der Waals surface area contributed by atoms with Crippen molar-refractivity contribution in [1.29, 1.82) is 0 Å². The zero-order chi connectivity index (χ0) is 25.2. The molecule has 0 spiro atoms. The number of amides is 2. The van der Waals surface area contributed by atoms with E-state index in [-0.39, 0.29) is 35.3 Å². The maximum absolute atomic E-state index is 13.1. The van der Waals surface area contributed by atoms with Crippen LogP contribution in [0.4, 0.5) is 5.88 Å². The number of carbonyl (C=O) groups excluding carboxylic acids is 3. The Bertz CT molecular complexity index is 1280. The number of ether oxygens (including phenoxy) is 1. The van der Waals surface area contributed by atoms with Gasteiger partial charge in [-0.05, 0) is 64.3 Å². The molecular formula is C25H29N3O5S. The van der Waals surface area contributed by atoms with Crippen LogP contribution in [-0.2, 0) is 9.53 Å². The van der Waals surface area contributed by atoms with Gasteiger partial charge in [0.25, 0.3) is 5.91 Å². The number of carbonyl (C=O) groups is 3. The zero-order valence-electron chi connectivity index (χ0n) is 20.2. The van der Waals surface area contributed by atoms with Gasteiger partial charge in [-0.15, -0.1) is 0 Å². The summed E-state index contributed by atoms with van der Waals surface area (Å²) in [5.74, 6) is -2.04. The molecule has 8 nitrogen and oxygen atoms in total. The molecule has 9 heteroatoms. The van der Waals surface area contributed by atoms with Crippen LogP contribution in [0.2, 0.25) is 0 Å². The van der Waals surface area contributed by atoms with E-state index in [2.05, 4.69) is 24.4 Å². The third kappa shape index (κ3) is 5.09. The summed E-state index contributed by atoms with van der Waals surface area (Å²) in [6, 6.07) is 6.15. The van der Waals surface area contributed by atoms with E-state index in [1.54, 1.807) is 6.92 Å². The highest BCUT2D eigenvalue weighted by atomic mass is 32.2. The number of benzene rings is 1. The summed E-state index contributed by atoms with van der Waals surface area (Å²) < 4.78 is 10.5. The van der Waals surface area contributed by atoms with Gasteiger partial charge in [-0.25, -0.2) is 9.78 Å². The van der Waals surface area contributed by atoms with Gasteiger partial charge in [0, 0.05) is 5.39 Å². The molecule has 2 aromatic heterocycles. The number of nitrogens with one attached hydrogen (secondary N) is 1. The molecule has 2 amide bonds. The van der Waals surface area contributed by atoms with Crippen LogP contribution >= 0.6 is 11.8 Å². The summed E-state index contributed by atoms with van der Waals surface area (Å²) in [4.78, 5) is 42.3. The Morgan fingerprint density at radius 1 is 1.09 bits per heavy atom. The molecule has 0 saturated heterocycles. The quantitative estimate of drug-likeness (QED) is 0.347. The molecule has 0 radical (unpaired) electrons. The third-order valence-electron chi connectivity index (χ3n) is 5.40. The van der Waals surface area contributed by atoms with Crippen LogP contribution < -0.4 is 11.1 Å². The van der Waals surface area contributed by atoms with Gasteiger partial charge in [0.2, 0.25) is 11.8 Å². The average molecular weight is 484 g/mol. The first-order valence-electron chi connectivity index (χ1n) is 11.0. The predicted octanol–water partition coefficient (Wildman–Crippen LogP) is 4.85. The van der Waals surface area contributed by atoms with Gasteiger partial charge in [0.1, 0.15) is 16.9 Å². The first-order chi connectivity index (χ1) is 16.1. The molecule has 0 bridgehead atoms. The summed E-state index contributed by atoms with van der Waals surface area (Å²) in [6.07, 6.45) is 0.498. The maximum Gasteiger partial charge on any atom is 0.342 e. The van der Waals surface area contributed by atoms with Crippen molar-refractivity contribution in [2.45, 2.75) is 58.2 Å². The number of anilines is 1. The summed E-state index contributed by atoms with van der Waals surface area (Å²) in [6.45, 7) is 11.2. The summed E-state index contributed by atoms with van der Waals surface area (Å²) in [5, 5.41) is 3.91. The molecule has 0 aliphatic heterocycles. The molecule has 3 N–H and O–H groups in total. The summed E-state index contributed by atoms with van der Waals surface area (Å²) in [7, 11) is 0. The number of pyridine rings is 1. The molecular weight excluding hydrogens is 454 g/mol. The third-order valence-corrected chi connectivity index (χ3v) is 6.69. The van der Waals surface area contributed by atoms with Crippen LogP contribution in [0.1, 0.15) is 63.4 Å². The maximum atomic E-state index is 13.1. The normalized spacial score (nSPS) is 11.9. The van der Waals surface area contributed by atoms with Gasteiger partial charge >= 0.3 is 5.97 Å². The minimum Gasteiger partial charge on any atom is -0.462 e. The molecule has 0 aliphatic carbocycles. The van der Waals surface area contributed by atoms with Gasteiger partial charge in [0.15, 0.2) is 0 Å². The molecule has 0 aliphatic rings. The van der Waals surface area contributed by atoms with Crippen molar-refractivity contribution in [3.8, 4) is 0 Å². The fraction of sp³-hybridized carbons (Fsp3) is 0.360. The standard InChI is InChI=1S/C25H29N3O5S/c1-7-17(34-18-11-13(4)16-10-12(3)9-14(5)21(16)27-18)23(30)28-24-20(22(26)29)19(15(6)33-24)25(31)32-8-2/h9-11,17H,7-8H2,1-6H3,(H2,26,29)(H,28,30). The summed E-state index contributed by atoms with van der Waals surface area (Å²) in [5.41, 5.74) is 9.43. The van der Waals surface area contributed by atoms with Crippen molar-refractivity contribution in [2.24, 2.45) is 5.73 Å². The topological polar surface area (TPSA) is 125 Å². The van der Waals surface area contributed by atoms with Crippen LogP contribution in [0, 0.1) is 27.7 Å². The van der Waals surface area contributed by atoms with E-state index in [4.69, 9.17) is 19.9 Å². The molecule has 3 rings (SSSR count). The van der Waals surface area contributed by atoms with Gasteiger partial charge < -0.3 is 14.9 Å². The minimum atomic E-state index is -0.895. The lowest BCUT2D eigenvalue weighted by molar-refractivity contribution is -0.115. The van der Waals surface area contributed by atoms with E-state index in [0.717, 1.165) is 27.1 Å². The van der Waals surface area contributed by atoms with Gasteiger partial charge in [-0.1, -0.05) is 30.3 Å². The minimum absolute atomic E-state index is 0.0806. The molecule has 0 fully saturated rings.